The van der Waals surface area contributed by atoms with E-state index in [1.165, 1.54) is 56.5 Å². The molecule has 1 unspecified atom stereocenters. The minimum Gasteiger partial charge on any atom is -0.489 e. The zero-order valence-corrected chi connectivity index (χ0v) is 40.4. The number of benzene rings is 3. The van der Waals surface area contributed by atoms with Crippen molar-refractivity contribution in [1.29, 1.82) is 0 Å². The van der Waals surface area contributed by atoms with Gasteiger partial charge in [0.1, 0.15) is 23.8 Å². The maximum absolute atomic E-state index is 14.9. The number of anilines is 2. The molecule has 2 aromatic heterocycles. The second-order valence-electron chi connectivity index (χ2n) is 20.8. The van der Waals surface area contributed by atoms with E-state index in [-0.39, 0.29) is 76.0 Å². The van der Waals surface area contributed by atoms with Gasteiger partial charge in [-0.25, -0.2) is 17.5 Å². The third-order valence-electron chi connectivity index (χ3n) is 16.1. The molecule has 5 heterocycles. The summed E-state index contributed by atoms with van der Waals surface area (Å²) in [6.07, 6.45) is 12.0. The molecule has 0 radical (unpaired) electrons. The van der Waals surface area contributed by atoms with E-state index < -0.39 is 42.9 Å². The number of nitrogens with zero attached hydrogens (tertiary/aromatic N) is 4. The maximum Gasteiger partial charge on any atom is 0.297 e. The van der Waals surface area contributed by atoms with Crippen LogP contribution < -0.4 is 29.1 Å². The van der Waals surface area contributed by atoms with Gasteiger partial charge < -0.3 is 34.5 Å². The van der Waals surface area contributed by atoms with Crippen molar-refractivity contribution < 1.29 is 41.8 Å². The highest BCUT2D eigenvalue weighted by Gasteiger charge is 2.50. The van der Waals surface area contributed by atoms with E-state index in [0.717, 1.165) is 56.7 Å². The fourth-order valence-corrected chi connectivity index (χ4v) is 13.0. The topological polar surface area (TPSA) is 201 Å². The molecule has 2 saturated heterocycles. The number of carbonyl (C=O) groups is 1. The fourth-order valence-electron chi connectivity index (χ4n) is 12.0. The summed E-state index contributed by atoms with van der Waals surface area (Å²) in [6, 6.07) is 17.8. The van der Waals surface area contributed by atoms with Gasteiger partial charge in [0, 0.05) is 68.4 Å². The van der Waals surface area contributed by atoms with Crippen LogP contribution in [0.3, 0.4) is 0 Å². The standard InChI is InChI=1S/C52H60FN7O9S/c1-3-67-50-46(26-39-40(53)27-54-48(39)56-50)69-44-23-33(58-21-19-52(20-22-58)29-59(30-52)42-10-6-9-37(42)36-8-5-4-7-35(36)31-11-12-31)13-14-38(44)49(61)57-70(65,66)34-24-43(60(63)64)47-45(25-34)68-28-41(55-47)32-15-17-51(2,62)18-16-32/h4-5,7-8,13-14,23-27,31-32,37,41-42,55,62H,3,6,9-12,15-22,28-30H2,1-2H3,(H,54,56)(H,57,61)/t32?,37-,41+,42?,51?/m0/s1. The normalized spacial score (nSPS) is 25.4. The van der Waals surface area contributed by atoms with E-state index in [1.54, 1.807) is 37.1 Å². The summed E-state index contributed by atoms with van der Waals surface area (Å²) in [4.78, 5) is 37.7. The van der Waals surface area contributed by atoms with E-state index in [1.807, 2.05) is 0 Å². The Kier molecular flexibility index (Phi) is 11.9. The summed E-state index contributed by atoms with van der Waals surface area (Å²) in [5.74, 6) is -0.283. The SMILES string of the molecule is CCOc1nc2[nH]cc(F)c2cc1Oc1cc(N2CCC3(CC2)CN(C2CCC[C@H]2c2ccccc2C2CC2)C3)ccc1C(=O)NS(=O)(=O)c1cc2c(c([N+](=O)[O-])c1)N[C@@H](C1CCC(C)(O)CC1)CO2. The molecule has 4 N–H and O–H groups in total. The summed E-state index contributed by atoms with van der Waals surface area (Å²) >= 11 is 0. The van der Waals surface area contributed by atoms with Crippen molar-refractivity contribution in [1.82, 2.24) is 19.6 Å². The Morgan fingerprint density at radius 1 is 1.00 bits per heavy atom. The number of carbonyl (C=O) groups excluding carboxylic acids is 1. The first kappa shape index (κ1) is 46.4. The van der Waals surface area contributed by atoms with Crippen molar-refractivity contribution in [3.05, 3.63) is 99.5 Å². The van der Waals surface area contributed by atoms with Gasteiger partial charge in [-0.3, -0.25) is 19.8 Å². The number of pyridine rings is 1. The number of nitro benzene ring substituents is 1. The van der Waals surface area contributed by atoms with Gasteiger partial charge >= 0.3 is 0 Å². The smallest absolute Gasteiger partial charge is 0.297 e. The number of piperidine rings is 1. The highest BCUT2D eigenvalue weighted by Crippen LogP contribution is 2.51. The van der Waals surface area contributed by atoms with Gasteiger partial charge in [0.15, 0.2) is 17.2 Å². The number of hydrogen-bond acceptors (Lipinski definition) is 13. The van der Waals surface area contributed by atoms with Gasteiger partial charge in [0.2, 0.25) is 0 Å². The van der Waals surface area contributed by atoms with Crippen LogP contribution in [0.25, 0.3) is 11.0 Å². The molecule has 16 nitrogen and oxygen atoms in total. The quantitative estimate of drug-likeness (QED) is 0.0643. The Morgan fingerprint density at radius 3 is 2.49 bits per heavy atom. The number of sulfonamides is 1. The predicted molar refractivity (Wildman–Crippen MR) is 261 cm³/mol. The second kappa shape index (κ2) is 18.0. The lowest BCUT2D eigenvalue weighted by molar-refractivity contribution is -0.384. The first-order chi connectivity index (χ1) is 33.7. The molecule has 3 atom stereocenters. The molecule has 370 valence electrons. The van der Waals surface area contributed by atoms with Crippen molar-refractivity contribution in [2.24, 2.45) is 11.3 Å². The molecule has 0 bridgehead atoms. The van der Waals surface area contributed by atoms with Crippen LogP contribution in [0.15, 0.2) is 71.8 Å². The number of fused-ring (bicyclic) bond motifs is 2. The van der Waals surface area contributed by atoms with Crippen LogP contribution in [0.5, 0.6) is 23.1 Å². The lowest BCUT2D eigenvalue weighted by Crippen LogP contribution is -2.63. The van der Waals surface area contributed by atoms with Crippen LogP contribution in [-0.4, -0.2) is 96.3 Å². The predicted octanol–water partition coefficient (Wildman–Crippen LogP) is 9.15. The number of ether oxygens (including phenoxy) is 3. The van der Waals surface area contributed by atoms with Crippen LogP contribution in [0.4, 0.5) is 21.5 Å². The van der Waals surface area contributed by atoms with Crippen LogP contribution in [0, 0.1) is 27.3 Å². The molecule has 6 aliphatic rings. The van der Waals surface area contributed by atoms with Crippen molar-refractivity contribution in [2.45, 2.75) is 119 Å². The highest BCUT2D eigenvalue weighted by molar-refractivity contribution is 7.90. The van der Waals surface area contributed by atoms with E-state index >= 15 is 0 Å². The first-order valence-corrected chi connectivity index (χ1v) is 26.4. The average molecular weight is 978 g/mol. The third kappa shape index (κ3) is 8.91. The molecule has 3 aliphatic heterocycles. The number of nitrogens with one attached hydrogen (secondary N) is 3. The van der Waals surface area contributed by atoms with Gasteiger partial charge in [-0.2, -0.15) is 4.98 Å². The molecule has 18 heteroatoms. The zero-order valence-electron chi connectivity index (χ0n) is 39.5. The maximum atomic E-state index is 14.9. The first-order valence-electron chi connectivity index (χ1n) is 24.9. The van der Waals surface area contributed by atoms with Crippen LogP contribution in [0.2, 0.25) is 0 Å². The molecule has 70 heavy (non-hydrogen) atoms. The summed E-state index contributed by atoms with van der Waals surface area (Å²) < 4.78 is 63.4. The van der Waals surface area contributed by atoms with E-state index in [9.17, 15) is 32.8 Å². The van der Waals surface area contributed by atoms with Crippen molar-refractivity contribution in [3.63, 3.8) is 0 Å². The summed E-state index contributed by atoms with van der Waals surface area (Å²) in [7, 11) is -4.75. The molecule has 11 rings (SSSR count). The van der Waals surface area contributed by atoms with E-state index in [0.29, 0.717) is 37.6 Å². The minimum absolute atomic E-state index is 0.00547. The lowest BCUT2D eigenvalue weighted by atomic mass is 9.70. The van der Waals surface area contributed by atoms with Crippen LogP contribution in [-0.2, 0) is 10.0 Å². The van der Waals surface area contributed by atoms with Crippen molar-refractivity contribution in [3.8, 4) is 23.1 Å². The number of halogens is 1. The molecular formula is C52H60FN7O9S. The Bertz CT molecular complexity index is 2950. The van der Waals surface area contributed by atoms with Crippen molar-refractivity contribution >= 4 is 44.0 Å². The molecule has 5 fully saturated rings. The summed E-state index contributed by atoms with van der Waals surface area (Å²) in [5, 5.41) is 26.3. The Hall–Kier alpha value is -5.98. The number of aliphatic hydroxyl groups is 1. The summed E-state index contributed by atoms with van der Waals surface area (Å²) in [5.41, 5.74) is 2.92. The van der Waals surface area contributed by atoms with Gasteiger partial charge in [-0.1, -0.05) is 30.7 Å². The number of hydrogen-bond donors (Lipinski definition) is 4. The third-order valence-corrected chi connectivity index (χ3v) is 17.4. The Labute approximate surface area is 406 Å². The highest BCUT2D eigenvalue weighted by atomic mass is 32.2. The molecule has 3 aliphatic carbocycles. The zero-order chi connectivity index (χ0) is 48.5. The fraction of sp³-hybridized carbons (Fsp3) is 0.500. The van der Waals surface area contributed by atoms with Gasteiger partial charge in [-0.05, 0) is 124 Å². The number of amides is 1. The molecular weight excluding hydrogens is 918 g/mol. The van der Waals surface area contributed by atoms with Gasteiger partial charge in [0.25, 0.3) is 27.5 Å². The second-order valence-corrected chi connectivity index (χ2v) is 22.5. The minimum atomic E-state index is -4.75. The van der Waals surface area contributed by atoms with Gasteiger partial charge in [0.05, 0.1) is 39.0 Å². The molecule has 5 aromatic rings. The van der Waals surface area contributed by atoms with Gasteiger partial charge in [-0.15, -0.1) is 0 Å². The number of H-pyrrole nitrogens is 1. The Balaban J connectivity index is 0.833. The number of nitro groups is 1. The molecule has 1 amide bonds. The largest absolute Gasteiger partial charge is 0.489 e. The number of aromatic amines is 1. The van der Waals surface area contributed by atoms with Crippen molar-refractivity contribution in [2.75, 3.05) is 49.6 Å². The Morgan fingerprint density at radius 2 is 1.76 bits per heavy atom. The van der Waals surface area contributed by atoms with E-state index in [4.69, 9.17) is 14.2 Å². The summed E-state index contributed by atoms with van der Waals surface area (Å²) in [6.45, 7) is 7.54. The number of rotatable bonds is 13. The monoisotopic (exact) mass is 977 g/mol. The van der Waals surface area contributed by atoms with Crippen LogP contribution >= 0.6 is 0 Å². The average Bonchev–Trinajstić information content (AvgIpc) is 3.97. The molecule has 1 spiro atoms. The van der Waals surface area contributed by atoms with Crippen LogP contribution in [0.1, 0.15) is 118 Å². The number of aromatic nitrogens is 2. The molecule has 3 aromatic carbocycles. The molecule has 3 saturated carbocycles. The lowest BCUT2D eigenvalue weighted by Gasteiger charge is -2.57. The van der Waals surface area contributed by atoms with E-state index in [2.05, 4.69) is 54.1 Å². The number of likely N-dealkylation sites (tertiary alicyclic amines) is 1.